The van der Waals surface area contributed by atoms with Crippen LogP contribution < -0.4 is 10.6 Å². The van der Waals surface area contributed by atoms with Gasteiger partial charge in [0.2, 0.25) is 5.65 Å². The average Bonchev–Trinajstić information content (AvgIpc) is 3.41. The van der Waals surface area contributed by atoms with Gasteiger partial charge in [-0.25, -0.2) is 19.3 Å². The summed E-state index contributed by atoms with van der Waals surface area (Å²) >= 11 is 8.29. The monoisotopic (exact) mass is 457 g/mol. The number of aryl methyl sites for hydroxylation is 2. The molecule has 3 aromatic heterocycles. The first kappa shape index (κ1) is 19.3. The predicted molar refractivity (Wildman–Crippen MR) is 122 cm³/mol. The summed E-state index contributed by atoms with van der Waals surface area (Å²) in [5.74, 6) is 0.701. The third-order valence-corrected chi connectivity index (χ3v) is 8.03. The van der Waals surface area contributed by atoms with Crippen molar-refractivity contribution in [2.75, 3.05) is 4.90 Å². The molecule has 10 heteroatoms. The van der Waals surface area contributed by atoms with Crippen molar-refractivity contribution < 1.29 is 4.39 Å². The molecule has 1 unspecified atom stereocenters. The Hall–Kier alpha value is -2.36. The van der Waals surface area contributed by atoms with Gasteiger partial charge in [-0.15, -0.1) is 11.3 Å². The normalized spacial score (nSPS) is 25.8. The zero-order chi connectivity index (χ0) is 21.4. The van der Waals surface area contributed by atoms with Crippen LogP contribution in [0.2, 0.25) is 5.02 Å². The Bertz CT molecular complexity index is 1330. The molecule has 4 aromatic rings. The first-order valence-electron chi connectivity index (χ1n) is 10.4. The molecule has 2 fully saturated rings. The molecule has 0 amide bonds. The van der Waals surface area contributed by atoms with Crippen molar-refractivity contribution in [3.8, 4) is 11.3 Å². The van der Waals surface area contributed by atoms with Crippen molar-refractivity contribution in [3.05, 3.63) is 27.9 Å². The second-order valence-corrected chi connectivity index (χ2v) is 10.0. The van der Waals surface area contributed by atoms with E-state index < -0.39 is 12.2 Å². The second-order valence-electron chi connectivity index (χ2n) is 8.46. The van der Waals surface area contributed by atoms with Crippen LogP contribution in [0.3, 0.4) is 0 Å². The van der Waals surface area contributed by atoms with Gasteiger partial charge in [-0.3, -0.25) is 5.10 Å². The van der Waals surface area contributed by atoms with Crippen molar-refractivity contribution in [2.24, 2.45) is 5.73 Å². The largest absolute Gasteiger partial charge is 0.346 e. The molecule has 6 rings (SSSR count). The number of anilines is 1. The summed E-state index contributed by atoms with van der Waals surface area (Å²) in [5.41, 5.74) is 10.3. The van der Waals surface area contributed by atoms with Crippen LogP contribution >= 0.6 is 22.9 Å². The van der Waals surface area contributed by atoms with Crippen LogP contribution in [0.15, 0.2) is 12.1 Å². The molecule has 1 aromatic carbocycles. The third kappa shape index (κ3) is 2.79. The number of nitrogens with one attached hydrogen (secondary N) is 1. The molecule has 2 saturated heterocycles. The van der Waals surface area contributed by atoms with Gasteiger partial charge in [0, 0.05) is 17.6 Å². The summed E-state index contributed by atoms with van der Waals surface area (Å²) in [7, 11) is 0. The van der Waals surface area contributed by atoms with E-state index in [2.05, 4.69) is 20.1 Å². The number of alkyl halides is 1. The van der Waals surface area contributed by atoms with Crippen LogP contribution in [0.1, 0.15) is 30.0 Å². The number of aromatic amines is 1. The summed E-state index contributed by atoms with van der Waals surface area (Å²) in [6, 6.07) is 3.43. The topological polar surface area (TPSA) is 96.6 Å². The van der Waals surface area contributed by atoms with E-state index in [9.17, 15) is 4.39 Å². The minimum absolute atomic E-state index is 0.197. The highest BCUT2D eigenvalue weighted by Crippen LogP contribution is 2.42. The molecule has 0 spiro atoms. The molecular weight excluding hydrogens is 437 g/mol. The van der Waals surface area contributed by atoms with E-state index in [0.717, 1.165) is 45.0 Å². The SMILES string of the molecule is Cc1nc2ccc(-c3[nH]nc4nc(N5C6CC[C@H]5C[C@H](N)[C@@H]6F)c(C)nc34)c(Cl)c2s1. The molecule has 0 radical (unpaired) electrons. The van der Waals surface area contributed by atoms with Gasteiger partial charge >= 0.3 is 0 Å². The third-order valence-electron chi connectivity index (χ3n) is 6.52. The van der Waals surface area contributed by atoms with Crippen LogP contribution in [0.25, 0.3) is 32.6 Å². The Morgan fingerprint density at radius 3 is 2.90 bits per heavy atom. The van der Waals surface area contributed by atoms with E-state index in [4.69, 9.17) is 27.3 Å². The molecule has 4 atom stereocenters. The highest BCUT2D eigenvalue weighted by Gasteiger charge is 2.47. The number of H-pyrrole nitrogens is 1. The van der Waals surface area contributed by atoms with Crippen LogP contribution in [0.4, 0.5) is 10.2 Å². The van der Waals surface area contributed by atoms with Crippen LogP contribution in [0.5, 0.6) is 0 Å². The average molecular weight is 458 g/mol. The molecular formula is C21H21ClFN7S. The Balaban J connectivity index is 1.46. The van der Waals surface area contributed by atoms with Gasteiger partial charge in [0.05, 0.1) is 37.7 Å². The highest BCUT2D eigenvalue weighted by molar-refractivity contribution is 7.19. The van der Waals surface area contributed by atoms with E-state index >= 15 is 0 Å². The van der Waals surface area contributed by atoms with Crippen molar-refractivity contribution in [1.82, 2.24) is 25.1 Å². The number of hydrogen-bond donors (Lipinski definition) is 2. The Morgan fingerprint density at radius 1 is 1.23 bits per heavy atom. The molecule has 31 heavy (non-hydrogen) atoms. The Morgan fingerprint density at radius 2 is 2.06 bits per heavy atom. The van der Waals surface area contributed by atoms with E-state index in [0.29, 0.717) is 28.4 Å². The first-order valence-corrected chi connectivity index (χ1v) is 11.6. The number of halogens is 2. The number of rotatable bonds is 2. The quantitative estimate of drug-likeness (QED) is 0.465. The Kier molecular flexibility index (Phi) is 4.25. The molecule has 0 aliphatic carbocycles. The lowest BCUT2D eigenvalue weighted by molar-refractivity contribution is 0.203. The number of aromatic nitrogens is 5. The molecule has 7 nitrogen and oxygen atoms in total. The van der Waals surface area contributed by atoms with E-state index in [1.165, 1.54) is 0 Å². The maximum Gasteiger partial charge on any atom is 0.202 e. The van der Waals surface area contributed by atoms with Crippen LogP contribution in [-0.4, -0.2) is 49.4 Å². The van der Waals surface area contributed by atoms with Gasteiger partial charge in [-0.2, -0.15) is 5.10 Å². The molecule has 2 bridgehead atoms. The number of nitrogens with two attached hydrogens (primary N) is 1. The maximum atomic E-state index is 14.8. The maximum absolute atomic E-state index is 14.8. The number of benzene rings is 1. The first-order chi connectivity index (χ1) is 14.9. The van der Waals surface area contributed by atoms with Crippen LogP contribution in [0, 0.1) is 13.8 Å². The van der Waals surface area contributed by atoms with Gasteiger partial charge in [-0.1, -0.05) is 11.6 Å². The zero-order valence-electron chi connectivity index (χ0n) is 17.1. The van der Waals surface area contributed by atoms with Crippen LogP contribution in [-0.2, 0) is 0 Å². The fraction of sp³-hybridized carbons (Fsp3) is 0.429. The molecule has 3 N–H and O–H groups in total. The summed E-state index contributed by atoms with van der Waals surface area (Å²) in [6.45, 7) is 3.88. The van der Waals surface area contributed by atoms with Crippen molar-refractivity contribution in [3.63, 3.8) is 0 Å². The van der Waals surface area contributed by atoms with Gasteiger partial charge in [0.1, 0.15) is 11.7 Å². The summed E-state index contributed by atoms with van der Waals surface area (Å²) in [5, 5.41) is 9.06. The number of thiazole rings is 1. The summed E-state index contributed by atoms with van der Waals surface area (Å²) in [4.78, 5) is 16.2. The van der Waals surface area contributed by atoms with E-state index in [-0.39, 0.29) is 12.1 Å². The molecule has 2 aliphatic rings. The Labute approximate surface area is 186 Å². The van der Waals surface area contributed by atoms with Gasteiger partial charge in [0.15, 0.2) is 5.82 Å². The fourth-order valence-electron chi connectivity index (χ4n) is 5.12. The number of nitrogens with zero attached hydrogens (tertiary/aromatic N) is 5. The highest BCUT2D eigenvalue weighted by atomic mass is 35.5. The number of hydrogen-bond acceptors (Lipinski definition) is 7. The molecule has 5 heterocycles. The van der Waals surface area contributed by atoms with Crippen molar-refractivity contribution in [1.29, 1.82) is 0 Å². The number of fused-ring (bicyclic) bond motifs is 4. The number of piperidine rings is 1. The predicted octanol–water partition coefficient (Wildman–Crippen LogP) is 4.31. The molecule has 160 valence electrons. The zero-order valence-corrected chi connectivity index (χ0v) is 18.6. The standard InChI is InChI=1S/C21H21ClFN7S/c1-8-21(30-10-3-6-14(30)16(23)12(24)7-10)27-20-18(25-8)17(28-29-20)11-4-5-13-19(15(11)22)31-9(2)26-13/h4-5,10,12,14,16H,3,6-7,24H2,1-2H3,(H,27,28,29)/t10-,12-,14?,16-/m0/s1. The lowest BCUT2D eigenvalue weighted by Gasteiger charge is -2.41. The van der Waals surface area contributed by atoms with Gasteiger partial charge in [0.25, 0.3) is 0 Å². The van der Waals surface area contributed by atoms with Gasteiger partial charge in [-0.05, 0) is 45.2 Å². The smallest absolute Gasteiger partial charge is 0.202 e. The lowest BCUT2D eigenvalue weighted by atomic mass is 9.96. The van der Waals surface area contributed by atoms with Crippen molar-refractivity contribution in [2.45, 2.75) is 57.4 Å². The summed E-state index contributed by atoms with van der Waals surface area (Å²) in [6.07, 6.45) is 1.29. The van der Waals surface area contributed by atoms with E-state index in [1.807, 2.05) is 26.0 Å². The van der Waals surface area contributed by atoms with Gasteiger partial charge < -0.3 is 10.6 Å². The fourth-order valence-corrected chi connectivity index (χ4v) is 6.35. The lowest BCUT2D eigenvalue weighted by Crippen LogP contribution is -2.56. The van der Waals surface area contributed by atoms with E-state index in [1.54, 1.807) is 11.3 Å². The second kappa shape index (κ2) is 6.82. The molecule has 0 saturated carbocycles. The molecule has 2 aliphatic heterocycles. The van der Waals surface area contributed by atoms with Crippen molar-refractivity contribution >= 4 is 50.1 Å². The minimum atomic E-state index is -1.06. The summed E-state index contributed by atoms with van der Waals surface area (Å²) < 4.78 is 15.7. The minimum Gasteiger partial charge on any atom is -0.346 e.